The van der Waals surface area contributed by atoms with Crippen LogP contribution in [0.2, 0.25) is 0 Å². The van der Waals surface area contributed by atoms with Gasteiger partial charge in [0.05, 0.1) is 6.04 Å². The normalized spacial score (nSPS) is 12.9. The average Bonchev–Trinajstić information content (AvgIpc) is 2.25. The van der Waals surface area contributed by atoms with Crippen LogP contribution in [0.1, 0.15) is 51.8 Å². The molecule has 110 valence electrons. The highest BCUT2D eigenvalue weighted by Gasteiger charge is 2.32. The lowest BCUT2D eigenvalue weighted by Crippen LogP contribution is -2.46. The molecular formula is C16H22FNO2. The van der Waals surface area contributed by atoms with Crippen LogP contribution in [0.25, 0.3) is 5.57 Å². The van der Waals surface area contributed by atoms with E-state index in [1.807, 2.05) is 0 Å². The van der Waals surface area contributed by atoms with Crippen LogP contribution in [0.15, 0.2) is 24.8 Å². The van der Waals surface area contributed by atoms with Gasteiger partial charge in [-0.3, -0.25) is 4.90 Å². The summed E-state index contributed by atoms with van der Waals surface area (Å²) in [4.78, 5) is 12.7. The summed E-state index contributed by atoms with van der Waals surface area (Å²) >= 11 is 0. The summed E-state index contributed by atoms with van der Waals surface area (Å²) in [6, 6.07) is 4.23. The Kier molecular flexibility index (Phi) is 4.58. The SMILES string of the molecule is C=C(C)c1ccc(C(C)N(C(=O)O)C(C)(C)C)c(F)c1. The molecule has 0 aliphatic heterocycles. The van der Waals surface area contributed by atoms with E-state index >= 15 is 0 Å². The van der Waals surface area contributed by atoms with Gasteiger partial charge in [-0.2, -0.15) is 0 Å². The van der Waals surface area contributed by atoms with Crippen LogP contribution in [-0.2, 0) is 0 Å². The number of amides is 1. The molecule has 1 rings (SSSR count). The first kappa shape index (κ1) is 16.2. The molecule has 0 spiro atoms. The smallest absolute Gasteiger partial charge is 0.408 e. The molecule has 1 aromatic carbocycles. The molecule has 1 N–H and O–H groups in total. The second kappa shape index (κ2) is 5.65. The third kappa shape index (κ3) is 3.38. The second-order valence-corrected chi connectivity index (χ2v) is 6.02. The van der Waals surface area contributed by atoms with Gasteiger partial charge >= 0.3 is 6.09 Å². The zero-order valence-electron chi connectivity index (χ0n) is 12.7. The molecule has 0 aliphatic carbocycles. The Bertz CT molecular complexity index is 532. The molecule has 0 fully saturated rings. The molecule has 1 aromatic rings. The largest absolute Gasteiger partial charge is 0.465 e. The molecule has 4 heteroatoms. The molecule has 3 nitrogen and oxygen atoms in total. The topological polar surface area (TPSA) is 40.5 Å². The summed E-state index contributed by atoms with van der Waals surface area (Å²) in [5.74, 6) is -0.409. The van der Waals surface area contributed by atoms with Crippen LogP contribution < -0.4 is 0 Å². The quantitative estimate of drug-likeness (QED) is 0.871. The number of rotatable bonds is 3. The van der Waals surface area contributed by atoms with Crippen LogP contribution in [0, 0.1) is 5.82 Å². The first-order valence-corrected chi connectivity index (χ1v) is 6.53. The van der Waals surface area contributed by atoms with Gasteiger partial charge in [-0.1, -0.05) is 24.3 Å². The number of hydrogen-bond acceptors (Lipinski definition) is 1. The number of allylic oxidation sites excluding steroid dienone is 1. The van der Waals surface area contributed by atoms with E-state index < -0.39 is 23.5 Å². The van der Waals surface area contributed by atoms with E-state index in [2.05, 4.69) is 6.58 Å². The average molecular weight is 279 g/mol. The Morgan fingerprint density at radius 2 is 1.95 bits per heavy atom. The number of benzene rings is 1. The summed E-state index contributed by atoms with van der Waals surface area (Å²) < 4.78 is 14.2. The van der Waals surface area contributed by atoms with Gasteiger partial charge in [0, 0.05) is 11.1 Å². The lowest BCUT2D eigenvalue weighted by Gasteiger charge is -2.38. The number of carbonyl (C=O) groups is 1. The van der Waals surface area contributed by atoms with Crippen molar-refractivity contribution in [3.8, 4) is 0 Å². The van der Waals surface area contributed by atoms with E-state index in [0.29, 0.717) is 5.56 Å². The summed E-state index contributed by atoms with van der Waals surface area (Å²) in [5.41, 5.74) is 1.25. The summed E-state index contributed by atoms with van der Waals surface area (Å²) in [5, 5.41) is 9.36. The maximum Gasteiger partial charge on any atom is 0.408 e. The van der Waals surface area contributed by atoms with Gasteiger partial charge in [0.25, 0.3) is 0 Å². The maximum atomic E-state index is 14.2. The third-order valence-corrected chi connectivity index (χ3v) is 3.26. The molecule has 0 saturated carbocycles. The molecule has 0 radical (unpaired) electrons. The maximum absolute atomic E-state index is 14.2. The van der Waals surface area contributed by atoms with E-state index in [4.69, 9.17) is 0 Å². The molecule has 0 saturated heterocycles. The minimum absolute atomic E-state index is 0.368. The van der Waals surface area contributed by atoms with Gasteiger partial charge in [0.1, 0.15) is 5.82 Å². The van der Waals surface area contributed by atoms with E-state index in [1.54, 1.807) is 46.8 Å². The van der Waals surface area contributed by atoms with Gasteiger partial charge in [0.2, 0.25) is 0 Å². The van der Waals surface area contributed by atoms with E-state index in [-0.39, 0.29) is 0 Å². The summed E-state index contributed by atoms with van der Waals surface area (Å²) in [6.07, 6.45) is -1.06. The predicted molar refractivity (Wildman–Crippen MR) is 79.1 cm³/mol. The van der Waals surface area contributed by atoms with Crippen LogP contribution in [0.3, 0.4) is 0 Å². The van der Waals surface area contributed by atoms with Crippen molar-refractivity contribution in [1.29, 1.82) is 0 Å². The minimum Gasteiger partial charge on any atom is -0.465 e. The predicted octanol–water partition coefficient (Wildman–Crippen LogP) is 4.70. The van der Waals surface area contributed by atoms with Crippen molar-refractivity contribution >= 4 is 11.7 Å². The van der Waals surface area contributed by atoms with Gasteiger partial charge in [-0.05, 0) is 46.2 Å². The van der Waals surface area contributed by atoms with Gasteiger partial charge < -0.3 is 5.11 Å². The van der Waals surface area contributed by atoms with E-state index in [9.17, 15) is 14.3 Å². The zero-order chi connectivity index (χ0) is 15.7. The van der Waals surface area contributed by atoms with Gasteiger partial charge in [-0.15, -0.1) is 0 Å². The monoisotopic (exact) mass is 279 g/mol. The first-order chi connectivity index (χ1) is 9.05. The highest BCUT2D eigenvalue weighted by Crippen LogP contribution is 2.30. The molecule has 1 unspecified atom stereocenters. The summed E-state index contributed by atoms with van der Waals surface area (Å²) in [7, 11) is 0. The fraction of sp³-hybridized carbons (Fsp3) is 0.438. The molecule has 1 atom stereocenters. The molecule has 0 heterocycles. The van der Waals surface area contributed by atoms with Crippen molar-refractivity contribution in [3.63, 3.8) is 0 Å². The standard InChI is InChI=1S/C16H22FNO2/c1-10(2)12-7-8-13(14(17)9-12)11(3)18(15(19)20)16(4,5)6/h7-9,11H,1H2,2-6H3,(H,19,20). The third-order valence-electron chi connectivity index (χ3n) is 3.26. The highest BCUT2D eigenvalue weighted by molar-refractivity contribution is 5.67. The Labute approximate surface area is 119 Å². The van der Waals surface area contributed by atoms with Crippen molar-refractivity contribution in [2.45, 2.75) is 46.2 Å². The Hall–Kier alpha value is -1.84. The van der Waals surface area contributed by atoms with E-state index in [1.165, 1.54) is 11.0 Å². The molecule has 1 amide bonds. The Balaban J connectivity index is 3.23. The minimum atomic E-state index is -1.06. The second-order valence-electron chi connectivity index (χ2n) is 6.02. The van der Waals surface area contributed by atoms with Crippen molar-refractivity contribution < 1.29 is 14.3 Å². The number of nitrogens with zero attached hydrogens (tertiary/aromatic N) is 1. The lowest BCUT2D eigenvalue weighted by molar-refractivity contribution is 0.0743. The van der Waals surface area contributed by atoms with Crippen molar-refractivity contribution in [2.24, 2.45) is 0 Å². The van der Waals surface area contributed by atoms with Crippen LogP contribution in [-0.4, -0.2) is 21.6 Å². The number of halogens is 1. The van der Waals surface area contributed by atoms with Crippen molar-refractivity contribution in [1.82, 2.24) is 4.90 Å². The van der Waals surface area contributed by atoms with Crippen LogP contribution >= 0.6 is 0 Å². The van der Waals surface area contributed by atoms with E-state index in [0.717, 1.165) is 11.1 Å². The number of carboxylic acid groups (broad SMARTS) is 1. The highest BCUT2D eigenvalue weighted by atomic mass is 19.1. The fourth-order valence-electron chi connectivity index (χ4n) is 2.30. The summed E-state index contributed by atoms with van der Waals surface area (Å²) in [6.45, 7) is 12.6. The lowest BCUT2D eigenvalue weighted by atomic mass is 9.97. The molecule has 0 aromatic heterocycles. The fourth-order valence-corrected chi connectivity index (χ4v) is 2.30. The zero-order valence-corrected chi connectivity index (χ0v) is 12.7. The van der Waals surface area contributed by atoms with Crippen molar-refractivity contribution in [3.05, 3.63) is 41.7 Å². The van der Waals surface area contributed by atoms with Gasteiger partial charge in [0.15, 0.2) is 0 Å². The van der Waals surface area contributed by atoms with Crippen molar-refractivity contribution in [2.75, 3.05) is 0 Å². The van der Waals surface area contributed by atoms with Gasteiger partial charge in [-0.25, -0.2) is 9.18 Å². The molecule has 0 aliphatic rings. The van der Waals surface area contributed by atoms with Crippen LogP contribution in [0.5, 0.6) is 0 Å². The Morgan fingerprint density at radius 3 is 2.30 bits per heavy atom. The molecule has 0 bridgehead atoms. The first-order valence-electron chi connectivity index (χ1n) is 6.53. The molecular weight excluding hydrogens is 257 g/mol. The Morgan fingerprint density at radius 1 is 1.40 bits per heavy atom. The molecule has 20 heavy (non-hydrogen) atoms. The van der Waals surface area contributed by atoms with Crippen LogP contribution in [0.4, 0.5) is 9.18 Å². The number of hydrogen-bond donors (Lipinski definition) is 1.